The molecule has 1 atom stereocenters. The molecule has 5 aromatic carbocycles. The summed E-state index contributed by atoms with van der Waals surface area (Å²) in [5.74, 6) is 0. The van der Waals surface area contributed by atoms with Crippen LogP contribution < -0.4 is 24.8 Å². The van der Waals surface area contributed by atoms with Crippen LogP contribution in [0.15, 0.2) is 127 Å². The maximum absolute atomic E-state index is 2.68. The monoisotopic (exact) mass is 634 g/mol. The minimum absolute atomic E-state index is 0. The molecule has 0 N–H and O–H groups in total. The Bertz CT molecular complexity index is 1650. The molecule has 2 aliphatic rings. The zero-order valence-corrected chi connectivity index (χ0v) is 26.6. The predicted octanol–water partition coefficient (Wildman–Crippen LogP) is 3.04. The van der Waals surface area contributed by atoms with Crippen molar-refractivity contribution in [3.8, 4) is 11.1 Å². The molecule has 0 saturated heterocycles. The molecule has 196 valence electrons. The normalized spacial score (nSPS) is 14.2. The largest absolute Gasteiger partial charge is 1.00 e. The van der Waals surface area contributed by atoms with Crippen LogP contribution in [-0.4, -0.2) is 3.21 Å². The van der Waals surface area contributed by atoms with Gasteiger partial charge in [-0.1, -0.05) is 0 Å². The van der Waals surface area contributed by atoms with Crippen LogP contribution in [0.4, 0.5) is 0 Å². The Morgan fingerprint density at radius 2 is 1.02 bits per heavy atom. The summed E-state index contributed by atoms with van der Waals surface area (Å²) in [5, 5.41) is 0. The number of aryl methyl sites for hydroxylation is 2. The molecule has 0 fully saturated rings. The number of halogens is 2. The van der Waals surface area contributed by atoms with Gasteiger partial charge in [-0.25, -0.2) is 0 Å². The maximum Gasteiger partial charge on any atom is -1.00 e. The maximum atomic E-state index is 2.56. The fourth-order valence-corrected chi connectivity index (χ4v) is 16.4. The van der Waals surface area contributed by atoms with Crippen molar-refractivity contribution in [1.82, 2.24) is 0 Å². The first-order valence-corrected chi connectivity index (χ1v) is 17.6. The summed E-state index contributed by atoms with van der Waals surface area (Å²) in [5.41, 5.74) is 14.4. The quantitative estimate of drug-likeness (QED) is 0.285. The molecule has 0 amide bonds. The second kappa shape index (κ2) is 12.0. The summed E-state index contributed by atoms with van der Waals surface area (Å²) >= 11 is -2.68. The molecule has 0 heterocycles. The van der Waals surface area contributed by atoms with Crippen molar-refractivity contribution in [3.05, 3.63) is 172 Å². The van der Waals surface area contributed by atoms with Crippen molar-refractivity contribution in [2.24, 2.45) is 0 Å². The zero-order valence-electron chi connectivity index (χ0n) is 22.6. The second-order valence-electron chi connectivity index (χ2n) is 10.6. The zero-order chi connectivity index (χ0) is 25.6. The molecule has 40 heavy (non-hydrogen) atoms. The van der Waals surface area contributed by atoms with Crippen LogP contribution in [-0.2, 0) is 21.3 Å². The van der Waals surface area contributed by atoms with E-state index in [4.69, 9.17) is 0 Å². The smallest absolute Gasteiger partial charge is 1.00 e. The fraction of sp³-hybridized carbons (Fsp3) is 0.108. The van der Waals surface area contributed by atoms with Crippen LogP contribution in [0, 0.1) is 13.8 Å². The molecule has 1 unspecified atom stereocenters. The Morgan fingerprint density at radius 3 is 1.57 bits per heavy atom. The van der Waals surface area contributed by atoms with E-state index < -0.39 is 21.3 Å². The average molecular weight is 637 g/mol. The standard InChI is InChI=1S/C13H9.C13H10.C11H11.2ClH.Zr/c1-3-7-12-10(5-1)9-11-6-2-4-8-13(11)12;1-3-7-12(8-4-1)11-13-9-5-2-6-10-13;1-8-6-10-4-3-5-11(10)7-9(8)2;;;/h1-9H;1-10H;3-7H,1-2H3;2*1H;/q;;;;;+2/p-2. The van der Waals surface area contributed by atoms with Crippen LogP contribution in [0.2, 0.25) is 0 Å². The number of fused-ring (bicyclic) bond motifs is 4. The SMILES string of the molecule is Cc1cc2c(cc1C)[CH]([Zr+2](=[C](c1ccccc1)c1ccccc1)[CH]1c3ccccc3-c3ccccc31)C=C2.[Cl-].[Cl-]. The van der Waals surface area contributed by atoms with E-state index in [1.54, 1.807) is 3.21 Å². The molecule has 0 radical (unpaired) electrons. The Kier molecular flexibility index (Phi) is 8.58. The van der Waals surface area contributed by atoms with Gasteiger partial charge in [0.25, 0.3) is 0 Å². The molecule has 7 rings (SSSR count). The average Bonchev–Trinajstić information content (AvgIpc) is 3.51. The van der Waals surface area contributed by atoms with Gasteiger partial charge in [0.2, 0.25) is 0 Å². The van der Waals surface area contributed by atoms with Gasteiger partial charge in [-0.3, -0.25) is 0 Å². The van der Waals surface area contributed by atoms with E-state index in [1.807, 2.05) is 0 Å². The van der Waals surface area contributed by atoms with Crippen LogP contribution in [0.3, 0.4) is 0 Å². The van der Waals surface area contributed by atoms with Gasteiger partial charge in [0.15, 0.2) is 0 Å². The van der Waals surface area contributed by atoms with Crippen LogP contribution in [0.1, 0.15) is 51.8 Å². The molecule has 3 heteroatoms. The van der Waals surface area contributed by atoms with Crippen molar-refractivity contribution in [2.45, 2.75) is 21.1 Å². The predicted molar refractivity (Wildman–Crippen MR) is 158 cm³/mol. The summed E-state index contributed by atoms with van der Waals surface area (Å²) in [4.78, 5) is 0. The van der Waals surface area contributed by atoms with Crippen LogP contribution in [0.25, 0.3) is 17.2 Å². The second-order valence-corrected chi connectivity index (χ2v) is 17.0. The third kappa shape index (κ3) is 4.83. The molecule has 5 aromatic rings. The van der Waals surface area contributed by atoms with Crippen molar-refractivity contribution < 1.29 is 46.1 Å². The number of hydrogen-bond acceptors (Lipinski definition) is 0. The number of allylic oxidation sites excluding steroid dienone is 1. The van der Waals surface area contributed by atoms with E-state index >= 15 is 0 Å². The third-order valence-corrected chi connectivity index (χ3v) is 17.2. The molecule has 0 nitrogen and oxygen atoms in total. The van der Waals surface area contributed by atoms with Gasteiger partial charge >= 0.3 is 235 Å². The number of benzene rings is 5. The number of hydrogen-bond donors (Lipinski definition) is 0. The van der Waals surface area contributed by atoms with Crippen molar-refractivity contribution >= 4 is 9.28 Å². The Labute approximate surface area is 257 Å². The van der Waals surface area contributed by atoms with Crippen LogP contribution in [0.5, 0.6) is 0 Å². The van der Waals surface area contributed by atoms with Gasteiger partial charge in [-0.2, -0.15) is 0 Å². The number of rotatable bonds is 4. The topological polar surface area (TPSA) is 0 Å². The fourth-order valence-electron chi connectivity index (χ4n) is 6.53. The van der Waals surface area contributed by atoms with E-state index in [-0.39, 0.29) is 24.8 Å². The first-order valence-electron chi connectivity index (χ1n) is 13.5. The molecule has 2 aliphatic carbocycles. The van der Waals surface area contributed by atoms with Gasteiger partial charge < -0.3 is 24.8 Å². The minimum atomic E-state index is -2.68. The molecule has 0 aliphatic heterocycles. The van der Waals surface area contributed by atoms with Crippen molar-refractivity contribution in [3.63, 3.8) is 0 Å². The van der Waals surface area contributed by atoms with Gasteiger partial charge in [-0.05, 0) is 0 Å². The van der Waals surface area contributed by atoms with E-state index in [2.05, 4.69) is 147 Å². The Hall–Kier alpha value is -2.83. The summed E-state index contributed by atoms with van der Waals surface area (Å²) in [6.07, 6.45) is 4.97. The van der Waals surface area contributed by atoms with Crippen LogP contribution >= 0.6 is 0 Å². The van der Waals surface area contributed by atoms with Gasteiger partial charge in [-0.15, -0.1) is 0 Å². The van der Waals surface area contributed by atoms with Gasteiger partial charge in [0.05, 0.1) is 0 Å². The Balaban J connectivity index is 0.00000161. The van der Waals surface area contributed by atoms with Gasteiger partial charge in [0, 0.05) is 0 Å². The first-order chi connectivity index (χ1) is 18.7. The van der Waals surface area contributed by atoms with Crippen molar-refractivity contribution in [1.29, 1.82) is 0 Å². The van der Waals surface area contributed by atoms with E-state index in [9.17, 15) is 0 Å². The molecule has 0 aromatic heterocycles. The van der Waals surface area contributed by atoms with Crippen molar-refractivity contribution in [2.75, 3.05) is 0 Å². The minimum Gasteiger partial charge on any atom is -1.00 e. The van der Waals surface area contributed by atoms with E-state index in [1.165, 1.54) is 55.6 Å². The van der Waals surface area contributed by atoms with Gasteiger partial charge in [0.1, 0.15) is 0 Å². The molecular formula is C37H30Cl2Zr. The molecule has 0 spiro atoms. The Morgan fingerprint density at radius 1 is 0.550 bits per heavy atom. The molecule has 0 bridgehead atoms. The summed E-state index contributed by atoms with van der Waals surface area (Å²) in [6.45, 7) is 4.51. The first kappa shape index (κ1) is 28.7. The molecular weight excluding hydrogens is 607 g/mol. The summed E-state index contributed by atoms with van der Waals surface area (Å²) < 4.78 is 2.53. The van der Waals surface area contributed by atoms with E-state index in [0.717, 1.165) is 0 Å². The summed E-state index contributed by atoms with van der Waals surface area (Å²) in [7, 11) is 0. The summed E-state index contributed by atoms with van der Waals surface area (Å²) in [6, 6.07) is 45.8. The third-order valence-electron chi connectivity index (χ3n) is 8.40. The van der Waals surface area contributed by atoms with E-state index in [0.29, 0.717) is 7.25 Å². The molecule has 0 saturated carbocycles.